The lowest BCUT2D eigenvalue weighted by atomic mass is 10.4. The van der Waals surface area contributed by atoms with E-state index < -0.39 is 0 Å². The second-order valence-corrected chi connectivity index (χ2v) is 2.25. The summed E-state index contributed by atoms with van der Waals surface area (Å²) in [5.41, 5.74) is 0. The Kier molecular flexibility index (Phi) is 1.98. The van der Waals surface area contributed by atoms with E-state index in [1.807, 2.05) is 24.3 Å². The zero-order valence-corrected chi connectivity index (χ0v) is 5.44. The summed E-state index contributed by atoms with van der Waals surface area (Å²) in [6, 6.07) is 0. The van der Waals surface area contributed by atoms with Gasteiger partial charge in [0.1, 0.15) is 0 Å². The topological polar surface area (TPSA) is 0 Å². The summed E-state index contributed by atoms with van der Waals surface area (Å²) in [5, 5.41) is 0. The summed E-state index contributed by atoms with van der Waals surface area (Å²) >= 11 is 4.19. The average Bonchev–Trinajstić information content (AvgIpc) is 1.94. The Bertz CT molecular complexity index is 152. The number of hydrogen-bond donors (Lipinski definition) is 1. The van der Waals surface area contributed by atoms with Crippen molar-refractivity contribution in [2.24, 2.45) is 0 Å². The van der Waals surface area contributed by atoms with Gasteiger partial charge in [0.05, 0.1) is 0 Å². The highest BCUT2D eigenvalue weighted by atomic mass is 32.1. The minimum atomic E-state index is 0.968. The average molecular weight is 124 g/mol. The molecule has 0 aliphatic heterocycles. The smallest absolute Gasteiger partial charge is 0.00367 e. The van der Waals surface area contributed by atoms with Crippen molar-refractivity contribution < 1.29 is 0 Å². The number of allylic oxidation sites excluding steroid dienone is 6. The first-order valence-electron chi connectivity index (χ1n) is 2.61. The molecule has 0 atom stereocenters. The maximum atomic E-state index is 4.19. The lowest BCUT2D eigenvalue weighted by Crippen LogP contribution is -1.62. The van der Waals surface area contributed by atoms with Crippen molar-refractivity contribution in [3.8, 4) is 0 Å². The van der Waals surface area contributed by atoms with Gasteiger partial charge in [0.25, 0.3) is 0 Å². The van der Waals surface area contributed by atoms with Crippen molar-refractivity contribution in [2.45, 2.75) is 6.42 Å². The van der Waals surface area contributed by atoms with E-state index in [1.165, 1.54) is 0 Å². The van der Waals surface area contributed by atoms with Crippen molar-refractivity contribution in [1.29, 1.82) is 0 Å². The van der Waals surface area contributed by atoms with Crippen LogP contribution in [0.25, 0.3) is 0 Å². The van der Waals surface area contributed by atoms with E-state index in [-0.39, 0.29) is 0 Å². The third-order valence-corrected chi connectivity index (χ3v) is 1.31. The fourth-order valence-corrected chi connectivity index (χ4v) is 0.758. The standard InChI is InChI=1S/C7H8S/c8-7-5-3-1-2-4-6-7/h1-5,8H,6H2. The predicted molar refractivity (Wildman–Crippen MR) is 40.0 cm³/mol. The number of thiol groups is 1. The first kappa shape index (κ1) is 5.70. The molecule has 0 aromatic carbocycles. The largest absolute Gasteiger partial charge is 0.148 e. The molecule has 1 heteroatoms. The Labute approximate surface area is 55.0 Å². The molecule has 1 aliphatic rings. The van der Waals surface area contributed by atoms with Gasteiger partial charge in [-0.3, -0.25) is 0 Å². The van der Waals surface area contributed by atoms with Crippen LogP contribution in [-0.4, -0.2) is 0 Å². The highest BCUT2D eigenvalue weighted by molar-refractivity contribution is 7.84. The van der Waals surface area contributed by atoms with Crippen LogP contribution < -0.4 is 0 Å². The Hall–Kier alpha value is -0.430. The van der Waals surface area contributed by atoms with Gasteiger partial charge >= 0.3 is 0 Å². The van der Waals surface area contributed by atoms with Crippen molar-refractivity contribution in [1.82, 2.24) is 0 Å². The van der Waals surface area contributed by atoms with E-state index >= 15 is 0 Å². The van der Waals surface area contributed by atoms with Crippen LogP contribution in [0.4, 0.5) is 0 Å². The molecule has 1 aliphatic carbocycles. The Morgan fingerprint density at radius 3 is 3.00 bits per heavy atom. The monoisotopic (exact) mass is 124 g/mol. The molecule has 0 heterocycles. The van der Waals surface area contributed by atoms with Gasteiger partial charge in [0.15, 0.2) is 0 Å². The third kappa shape index (κ3) is 1.58. The molecule has 8 heavy (non-hydrogen) atoms. The van der Waals surface area contributed by atoms with E-state index in [0.29, 0.717) is 0 Å². The normalized spacial score (nSPS) is 17.9. The van der Waals surface area contributed by atoms with Gasteiger partial charge in [-0.15, -0.1) is 12.6 Å². The maximum Gasteiger partial charge on any atom is -0.00367 e. The summed E-state index contributed by atoms with van der Waals surface area (Å²) in [6.07, 6.45) is 11.1. The van der Waals surface area contributed by atoms with Crippen LogP contribution in [0.1, 0.15) is 6.42 Å². The highest BCUT2D eigenvalue weighted by Crippen LogP contribution is 2.09. The molecule has 0 saturated carbocycles. The molecule has 0 N–H and O–H groups in total. The molecule has 0 radical (unpaired) electrons. The lowest BCUT2D eigenvalue weighted by molar-refractivity contribution is 1.38. The van der Waals surface area contributed by atoms with Crippen LogP contribution in [-0.2, 0) is 0 Å². The number of hydrogen-bond acceptors (Lipinski definition) is 1. The van der Waals surface area contributed by atoms with E-state index in [0.717, 1.165) is 11.3 Å². The molecule has 0 fully saturated rings. The molecule has 42 valence electrons. The van der Waals surface area contributed by atoms with Gasteiger partial charge in [-0.05, 0) is 11.3 Å². The molecule has 0 saturated heterocycles. The van der Waals surface area contributed by atoms with E-state index in [9.17, 15) is 0 Å². The molecule has 0 spiro atoms. The van der Waals surface area contributed by atoms with E-state index in [2.05, 4.69) is 18.7 Å². The zero-order valence-electron chi connectivity index (χ0n) is 4.54. The van der Waals surface area contributed by atoms with Crippen LogP contribution in [0.3, 0.4) is 0 Å². The van der Waals surface area contributed by atoms with Crippen LogP contribution in [0.2, 0.25) is 0 Å². The molecule has 0 nitrogen and oxygen atoms in total. The SMILES string of the molecule is SC1=CC=CC=CC1. The fraction of sp³-hybridized carbons (Fsp3) is 0.143. The summed E-state index contributed by atoms with van der Waals surface area (Å²) < 4.78 is 0. The summed E-state index contributed by atoms with van der Waals surface area (Å²) in [6.45, 7) is 0. The van der Waals surface area contributed by atoms with Crippen molar-refractivity contribution in [3.63, 3.8) is 0 Å². The second-order valence-electron chi connectivity index (χ2n) is 1.68. The van der Waals surface area contributed by atoms with E-state index in [1.54, 1.807) is 0 Å². The van der Waals surface area contributed by atoms with Gasteiger partial charge in [-0.25, -0.2) is 0 Å². The Balaban J connectivity index is 2.69. The molecule has 1 rings (SSSR count). The Morgan fingerprint density at radius 1 is 1.25 bits per heavy atom. The number of rotatable bonds is 0. The highest BCUT2D eigenvalue weighted by Gasteiger charge is 1.84. The molecule has 0 aromatic heterocycles. The zero-order chi connectivity index (χ0) is 5.82. The van der Waals surface area contributed by atoms with Crippen molar-refractivity contribution in [3.05, 3.63) is 35.3 Å². The first-order valence-corrected chi connectivity index (χ1v) is 3.05. The van der Waals surface area contributed by atoms with Crippen molar-refractivity contribution in [2.75, 3.05) is 0 Å². The fourth-order valence-electron chi connectivity index (χ4n) is 0.566. The molecule has 0 aromatic rings. The lowest BCUT2D eigenvalue weighted by Gasteiger charge is -1.85. The first-order chi connectivity index (χ1) is 3.89. The molecule has 0 unspecified atom stereocenters. The van der Waals surface area contributed by atoms with Gasteiger partial charge in [0, 0.05) is 0 Å². The Morgan fingerprint density at radius 2 is 2.12 bits per heavy atom. The van der Waals surface area contributed by atoms with Gasteiger partial charge in [-0.1, -0.05) is 30.4 Å². The molecular weight excluding hydrogens is 116 g/mol. The maximum absolute atomic E-state index is 4.19. The van der Waals surface area contributed by atoms with Gasteiger partial charge < -0.3 is 0 Å². The molecule has 0 amide bonds. The summed E-state index contributed by atoms with van der Waals surface area (Å²) in [7, 11) is 0. The molecule has 0 bridgehead atoms. The summed E-state index contributed by atoms with van der Waals surface area (Å²) in [5.74, 6) is 0. The third-order valence-electron chi connectivity index (χ3n) is 0.974. The van der Waals surface area contributed by atoms with Gasteiger partial charge in [-0.2, -0.15) is 0 Å². The summed E-state index contributed by atoms with van der Waals surface area (Å²) in [4.78, 5) is 1.12. The minimum Gasteiger partial charge on any atom is -0.148 e. The van der Waals surface area contributed by atoms with E-state index in [4.69, 9.17) is 0 Å². The van der Waals surface area contributed by atoms with Crippen LogP contribution in [0.15, 0.2) is 35.3 Å². The van der Waals surface area contributed by atoms with Crippen LogP contribution >= 0.6 is 12.6 Å². The van der Waals surface area contributed by atoms with Gasteiger partial charge in [0.2, 0.25) is 0 Å². The second kappa shape index (κ2) is 2.78. The quantitative estimate of drug-likeness (QED) is 0.471. The van der Waals surface area contributed by atoms with Crippen LogP contribution in [0.5, 0.6) is 0 Å². The minimum absolute atomic E-state index is 0.968. The van der Waals surface area contributed by atoms with Crippen LogP contribution in [0, 0.1) is 0 Å². The molecular formula is C7H8S. The predicted octanol–water partition coefficient (Wildman–Crippen LogP) is 2.32. The van der Waals surface area contributed by atoms with Crippen molar-refractivity contribution >= 4 is 12.6 Å².